The van der Waals surface area contributed by atoms with E-state index >= 15 is 0 Å². The first-order chi connectivity index (χ1) is 14.2. The third-order valence-electron chi connectivity index (χ3n) is 4.91. The Morgan fingerprint density at radius 2 is 1.73 bits per heavy atom. The van der Waals surface area contributed by atoms with Crippen molar-refractivity contribution in [1.29, 1.82) is 0 Å². The summed E-state index contributed by atoms with van der Waals surface area (Å²) in [7, 11) is 1.71. The summed E-state index contributed by atoms with van der Waals surface area (Å²) in [6, 6.07) is 13.7. The van der Waals surface area contributed by atoms with Crippen LogP contribution in [0, 0.1) is 13.8 Å². The van der Waals surface area contributed by atoms with Crippen molar-refractivity contribution >= 4 is 17.6 Å². The van der Waals surface area contributed by atoms with E-state index in [0.717, 1.165) is 0 Å². The van der Waals surface area contributed by atoms with Crippen molar-refractivity contribution < 1.29 is 19.4 Å². The number of nitrogens with zero attached hydrogens (tertiary/aromatic N) is 2. The third-order valence-corrected chi connectivity index (χ3v) is 4.91. The Bertz CT molecular complexity index is 1160. The molecule has 0 radical (unpaired) electrons. The van der Waals surface area contributed by atoms with Crippen LogP contribution in [0.5, 0.6) is 5.75 Å². The molecule has 0 saturated heterocycles. The summed E-state index contributed by atoms with van der Waals surface area (Å²) < 4.78 is 8.25. The Hall–Kier alpha value is -3.81. The molecule has 0 bridgehead atoms. The SMILES string of the molecule is Cc1cccc(C(=O)OC(C)C(=O)Nc2c(C)n(C)n(-c3ccccc3)c2=O)c1O. The van der Waals surface area contributed by atoms with Crippen molar-refractivity contribution in [1.82, 2.24) is 9.36 Å². The number of hydrogen-bond donors (Lipinski definition) is 2. The van der Waals surface area contributed by atoms with E-state index in [9.17, 15) is 19.5 Å². The van der Waals surface area contributed by atoms with Crippen LogP contribution >= 0.6 is 0 Å². The molecule has 1 atom stereocenters. The minimum Gasteiger partial charge on any atom is -0.507 e. The van der Waals surface area contributed by atoms with E-state index in [-0.39, 0.29) is 17.0 Å². The standard InChI is InChI=1S/C22H23N3O5/c1-13-9-8-12-17(19(13)26)22(29)30-15(3)20(27)23-18-14(2)24(4)25(21(18)28)16-10-6-5-7-11-16/h5-12,15,26H,1-4H3,(H,23,27). The van der Waals surface area contributed by atoms with Gasteiger partial charge in [0.05, 0.1) is 11.4 Å². The van der Waals surface area contributed by atoms with E-state index in [1.165, 1.54) is 17.7 Å². The molecule has 1 heterocycles. The van der Waals surface area contributed by atoms with Gasteiger partial charge in [0.2, 0.25) is 0 Å². The number of amides is 1. The molecule has 0 spiro atoms. The van der Waals surface area contributed by atoms with Gasteiger partial charge < -0.3 is 15.2 Å². The highest BCUT2D eigenvalue weighted by atomic mass is 16.5. The number of rotatable bonds is 5. The van der Waals surface area contributed by atoms with E-state index in [4.69, 9.17) is 4.74 Å². The number of ether oxygens (including phenoxy) is 1. The highest BCUT2D eigenvalue weighted by Crippen LogP contribution is 2.23. The highest BCUT2D eigenvalue weighted by Gasteiger charge is 2.24. The number of hydrogen-bond acceptors (Lipinski definition) is 5. The van der Waals surface area contributed by atoms with Crippen LogP contribution in [0.4, 0.5) is 5.69 Å². The molecular formula is C22H23N3O5. The molecule has 2 N–H and O–H groups in total. The number of aromatic nitrogens is 2. The second-order valence-corrected chi connectivity index (χ2v) is 6.94. The van der Waals surface area contributed by atoms with E-state index in [1.807, 2.05) is 18.2 Å². The van der Waals surface area contributed by atoms with Crippen molar-refractivity contribution in [3.05, 3.63) is 75.7 Å². The zero-order valence-corrected chi connectivity index (χ0v) is 17.2. The number of phenolic OH excluding ortho intramolecular Hbond substituents is 1. The van der Waals surface area contributed by atoms with Gasteiger partial charge in [0.25, 0.3) is 11.5 Å². The van der Waals surface area contributed by atoms with E-state index in [1.54, 1.807) is 49.8 Å². The predicted molar refractivity (Wildman–Crippen MR) is 112 cm³/mol. The molecule has 1 unspecified atom stereocenters. The van der Waals surface area contributed by atoms with Crippen molar-refractivity contribution in [3.63, 3.8) is 0 Å². The summed E-state index contributed by atoms with van der Waals surface area (Å²) in [5.74, 6) is -1.67. The molecule has 0 aliphatic rings. The summed E-state index contributed by atoms with van der Waals surface area (Å²) in [4.78, 5) is 37.8. The summed E-state index contributed by atoms with van der Waals surface area (Å²) in [6.07, 6.45) is -1.18. The molecule has 8 heteroatoms. The van der Waals surface area contributed by atoms with Crippen molar-refractivity contribution in [2.45, 2.75) is 26.9 Å². The van der Waals surface area contributed by atoms with Crippen LogP contribution in [0.25, 0.3) is 5.69 Å². The maximum Gasteiger partial charge on any atom is 0.342 e. The number of para-hydroxylation sites is 2. The lowest BCUT2D eigenvalue weighted by molar-refractivity contribution is -0.123. The first-order valence-corrected chi connectivity index (χ1v) is 9.36. The smallest absolute Gasteiger partial charge is 0.342 e. The molecule has 0 fully saturated rings. The van der Waals surface area contributed by atoms with Gasteiger partial charge in [0.1, 0.15) is 17.0 Å². The Morgan fingerprint density at radius 3 is 2.40 bits per heavy atom. The summed E-state index contributed by atoms with van der Waals surface area (Å²) in [6.45, 7) is 4.75. The number of phenols is 1. The quantitative estimate of drug-likeness (QED) is 0.631. The van der Waals surface area contributed by atoms with Crippen LogP contribution in [0.2, 0.25) is 0 Å². The zero-order chi connectivity index (χ0) is 22.0. The van der Waals surface area contributed by atoms with Crippen LogP contribution in [-0.2, 0) is 16.6 Å². The molecule has 8 nitrogen and oxygen atoms in total. The number of esters is 1. The summed E-state index contributed by atoms with van der Waals surface area (Å²) in [5.41, 5.74) is 1.40. The monoisotopic (exact) mass is 409 g/mol. The topological polar surface area (TPSA) is 103 Å². The van der Waals surface area contributed by atoms with Gasteiger partial charge >= 0.3 is 5.97 Å². The Labute approximate surface area is 173 Å². The minimum absolute atomic E-state index is 0.0306. The first kappa shape index (κ1) is 20.9. The van der Waals surface area contributed by atoms with Gasteiger partial charge in [-0.05, 0) is 44.5 Å². The largest absolute Gasteiger partial charge is 0.507 e. The van der Waals surface area contributed by atoms with Gasteiger partial charge in [-0.15, -0.1) is 0 Å². The zero-order valence-electron chi connectivity index (χ0n) is 17.2. The van der Waals surface area contributed by atoms with Crippen LogP contribution in [0.15, 0.2) is 53.3 Å². The van der Waals surface area contributed by atoms with Crippen molar-refractivity contribution in [2.24, 2.45) is 7.05 Å². The minimum atomic E-state index is -1.18. The number of aryl methyl sites for hydroxylation is 1. The second kappa shape index (κ2) is 8.28. The lowest BCUT2D eigenvalue weighted by Crippen LogP contribution is -2.32. The molecule has 2 aromatic carbocycles. The number of aromatic hydroxyl groups is 1. The molecule has 0 aliphatic heterocycles. The number of carbonyl (C=O) groups is 2. The van der Waals surface area contributed by atoms with Gasteiger partial charge in [-0.1, -0.05) is 30.3 Å². The third kappa shape index (κ3) is 3.84. The number of nitrogens with one attached hydrogen (secondary N) is 1. The number of benzene rings is 2. The predicted octanol–water partition coefficient (Wildman–Crippen LogP) is 2.68. The average molecular weight is 409 g/mol. The highest BCUT2D eigenvalue weighted by molar-refractivity contribution is 5.98. The summed E-state index contributed by atoms with van der Waals surface area (Å²) >= 11 is 0. The molecule has 1 aromatic heterocycles. The lowest BCUT2D eigenvalue weighted by Gasteiger charge is -2.14. The van der Waals surface area contributed by atoms with Crippen LogP contribution < -0.4 is 10.9 Å². The normalized spacial score (nSPS) is 11.7. The molecular weight excluding hydrogens is 386 g/mol. The summed E-state index contributed by atoms with van der Waals surface area (Å²) in [5, 5.41) is 12.6. The van der Waals surface area contributed by atoms with E-state index < -0.39 is 23.5 Å². The molecule has 0 saturated carbocycles. The van der Waals surface area contributed by atoms with Gasteiger partial charge in [0, 0.05) is 7.05 Å². The Morgan fingerprint density at radius 1 is 1.07 bits per heavy atom. The van der Waals surface area contributed by atoms with E-state index in [0.29, 0.717) is 16.9 Å². The maximum absolute atomic E-state index is 12.9. The Kier molecular flexibility index (Phi) is 5.77. The van der Waals surface area contributed by atoms with Crippen LogP contribution in [0.1, 0.15) is 28.5 Å². The maximum atomic E-state index is 12.9. The molecule has 3 aromatic rings. The van der Waals surface area contributed by atoms with Gasteiger partial charge in [-0.3, -0.25) is 14.3 Å². The lowest BCUT2D eigenvalue weighted by atomic mass is 10.1. The fourth-order valence-corrected chi connectivity index (χ4v) is 3.04. The molecule has 3 rings (SSSR count). The van der Waals surface area contributed by atoms with Crippen molar-refractivity contribution in [2.75, 3.05) is 5.32 Å². The molecule has 30 heavy (non-hydrogen) atoms. The van der Waals surface area contributed by atoms with Gasteiger partial charge in [0.15, 0.2) is 6.10 Å². The van der Waals surface area contributed by atoms with Crippen LogP contribution in [0.3, 0.4) is 0 Å². The van der Waals surface area contributed by atoms with Gasteiger partial charge in [-0.25, -0.2) is 9.48 Å². The average Bonchev–Trinajstić information content (AvgIpc) is 2.93. The first-order valence-electron chi connectivity index (χ1n) is 9.36. The molecule has 0 aliphatic carbocycles. The van der Waals surface area contributed by atoms with Crippen molar-refractivity contribution in [3.8, 4) is 11.4 Å². The number of anilines is 1. The van der Waals surface area contributed by atoms with E-state index in [2.05, 4.69) is 5.32 Å². The number of carbonyl (C=O) groups excluding carboxylic acids is 2. The molecule has 1 amide bonds. The van der Waals surface area contributed by atoms with Gasteiger partial charge in [-0.2, -0.15) is 0 Å². The van der Waals surface area contributed by atoms with Crippen LogP contribution in [-0.4, -0.2) is 32.5 Å². The second-order valence-electron chi connectivity index (χ2n) is 6.94. The fraction of sp³-hybridized carbons (Fsp3) is 0.227. The fourth-order valence-electron chi connectivity index (χ4n) is 3.04. The Balaban J connectivity index is 1.80. The molecule has 156 valence electrons.